The van der Waals surface area contributed by atoms with Crippen molar-refractivity contribution in [2.45, 2.75) is 6.61 Å². The third-order valence-electron chi connectivity index (χ3n) is 5.81. The smallest absolute Gasteiger partial charge is 0.300 e. The Kier molecular flexibility index (Phi) is 7.28. The normalized spacial score (nSPS) is 11.5. The van der Waals surface area contributed by atoms with E-state index in [1.807, 2.05) is 72.8 Å². The number of hydrogen-bond acceptors (Lipinski definition) is 5. The van der Waals surface area contributed by atoms with Crippen LogP contribution in [0.2, 0.25) is 0 Å². The zero-order valence-electron chi connectivity index (χ0n) is 20.3. The highest BCUT2D eigenvalue weighted by Gasteiger charge is 2.23. The van der Waals surface area contributed by atoms with Crippen LogP contribution in [0.25, 0.3) is 23.1 Å². The summed E-state index contributed by atoms with van der Waals surface area (Å²) in [5.41, 5.74) is 4.03. The predicted molar refractivity (Wildman–Crippen MR) is 151 cm³/mol. The summed E-state index contributed by atoms with van der Waals surface area (Å²) in [4.78, 5) is 17.1. The number of fused-ring (bicyclic) bond motifs is 1. The number of aromatic nitrogens is 1. The monoisotopic (exact) mass is 520 g/mol. The van der Waals surface area contributed by atoms with Crippen LogP contribution < -0.4 is 9.46 Å². The molecule has 5 aromatic rings. The second-order valence-electron chi connectivity index (χ2n) is 8.57. The lowest BCUT2D eigenvalue weighted by atomic mass is 10.1. The van der Waals surface area contributed by atoms with Gasteiger partial charge in [0.25, 0.3) is 5.12 Å². The Morgan fingerprint density at radius 1 is 0.737 bits per heavy atom. The summed E-state index contributed by atoms with van der Waals surface area (Å²) in [6.45, 7) is 0.377. The number of para-hydroxylation sites is 2. The van der Waals surface area contributed by atoms with Crippen molar-refractivity contribution in [1.29, 1.82) is 0 Å². The van der Waals surface area contributed by atoms with Gasteiger partial charge in [-0.3, -0.25) is 9.52 Å². The molecule has 38 heavy (non-hydrogen) atoms. The van der Waals surface area contributed by atoms with Crippen molar-refractivity contribution in [3.8, 4) is 5.75 Å². The first-order chi connectivity index (χ1) is 18.5. The molecule has 0 saturated carbocycles. The average Bonchev–Trinajstić information content (AvgIpc) is 2.95. The molecule has 1 aromatic heterocycles. The summed E-state index contributed by atoms with van der Waals surface area (Å²) in [5.74, 6) is 0.741. The number of ether oxygens (including phenoxy) is 1. The summed E-state index contributed by atoms with van der Waals surface area (Å²) in [5, 5.41) is 0.116. The average molecular weight is 521 g/mol. The maximum absolute atomic E-state index is 12.5. The van der Waals surface area contributed by atoms with Gasteiger partial charge in [-0.15, -0.1) is 0 Å². The van der Waals surface area contributed by atoms with Gasteiger partial charge in [0.05, 0.1) is 11.2 Å². The zero-order valence-corrected chi connectivity index (χ0v) is 21.1. The van der Waals surface area contributed by atoms with Crippen molar-refractivity contribution < 1.29 is 17.9 Å². The first-order valence-corrected chi connectivity index (χ1v) is 13.4. The number of pyridine rings is 1. The van der Waals surface area contributed by atoms with E-state index in [1.54, 1.807) is 42.5 Å². The Hall–Kier alpha value is -4.75. The van der Waals surface area contributed by atoms with Crippen LogP contribution in [0.5, 0.6) is 5.75 Å². The SMILES string of the molecule is O=C(c1ccc(C=Cc2ccc(OCc3ccc4ccccc4n3)cc2)cc1)S(=O)(=O)Nc1ccccc1. The van der Waals surface area contributed by atoms with Crippen LogP contribution in [-0.4, -0.2) is 18.5 Å². The van der Waals surface area contributed by atoms with Gasteiger partial charge in [-0.25, -0.2) is 4.98 Å². The van der Waals surface area contributed by atoms with E-state index in [-0.39, 0.29) is 5.56 Å². The van der Waals surface area contributed by atoms with E-state index in [4.69, 9.17) is 4.74 Å². The highest BCUT2D eigenvalue weighted by molar-refractivity contribution is 8.07. The zero-order chi connectivity index (χ0) is 26.4. The van der Waals surface area contributed by atoms with Gasteiger partial charge < -0.3 is 4.74 Å². The van der Waals surface area contributed by atoms with Crippen LogP contribution in [-0.2, 0) is 16.6 Å². The van der Waals surface area contributed by atoms with E-state index in [1.165, 1.54) is 12.1 Å². The maximum atomic E-state index is 12.5. The number of carbonyl (C=O) groups excluding carboxylic acids is 1. The summed E-state index contributed by atoms with van der Waals surface area (Å²) >= 11 is 0. The molecule has 1 heterocycles. The molecule has 7 heteroatoms. The minimum atomic E-state index is -4.19. The van der Waals surface area contributed by atoms with Crippen LogP contribution in [0.3, 0.4) is 0 Å². The lowest BCUT2D eigenvalue weighted by molar-refractivity contribution is 0.107. The molecule has 0 saturated heterocycles. The van der Waals surface area contributed by atoms with Gasteiger partial charge in [0.15, 0.2) is 0 Å². The maximum Gasteiger partial charge on any atom is 0.300 e. The number of nitrogens with one attached hydrogen (secondary N) is 1. The van der Waals surface area contributed by atoms with Crippen LogP contribution in [0, 0.1) is 0 Å². The van der Waals surface area contributed by atoms with E-state index < -0.39 is 15.1 Å². The van der Waals surface area contributed by atoms with E-state index in [9.17, 15) is 13.2 Å². The van der Waals surface area contributed by atoms with E-state index in [0.717, 1.165) is 33.5 Å². The number of carbonyl (C=O) groups is 1. The highest BCUT2D eigenvalue weighted by atomic mass is 32.2. The fraction of sp³-hybridized carbons (Fsp3) is 0.0323. The molecule has 0 fully saturated rings. The Morgan fingerprint density at radius 3 is 2.08 bits per heavy atom. The largest absolute Gasteiger partial charge is 0.487 e. The van der Waals surface area contributed by atoms with Gasteiger partial charge in [0.2, 0.25) is 0 Å². The van der Waals surface area contributed by atoms with Crippen molar-refractivity contribution >= 4 is 43.9 Å². The summed E-state index contributed by atoms with van der Waals surface area (Å²) in [6, 6.07) is 34.4. The third-order valence-corrected chi connectivity index (χ3v) is 7.04. The first kappa shape index (κ1) is 24.9. The molecular weight excluding hydrogens is 496 g/mol. The second kappa shape index (κ2) is 11.1. The van der Waals surface area contributed by atoms with Gasteiger partial charge in [-0.2, -0.15) is 8.42 Å². The topological polar surface area (TPSA) is 85.4 Å². The van der Waals surface area contributed by atoms with E-state index in [0.29, 0.717) is 12.3 Å². The Morgan fingerprint density at radius 2 is 1.37 bits per heavy atom. The van der Waals surface area contributed by atoms with Crippen LogP contribution in [0.1, 0.15) is 27.2 Å². The Bertz CT molecular complexity index is 1700. The fourth-order valence-electron chi connectivity index (χ4n) is 3.81. The predicted octanol–water partition coefficient (Wildman–Crippen LogP) is 6.57. The van der Waals surface area contributed by atoms with E-state index in [2.05, 4.69) is 9.71 Å². The fourth-order valence-corrected chi connectivity index (χ4v) is 4.79. The molecule has 4 aromatic carbocycles. The van der Waals surface area contributed by atoms with Gasteiger partial charge in [-0.1, -0.05) is 78.9 Å². The number of anilines is 1. The molecule has 6 nitrogen and oxygen atoms in total. The van der Waals surface area contributed by atoms with Crippen LogP contribution in [0.15, 0.2) is 115 Å². The lowest BCUT2D eigenvalue weighted by Crippen LogP contribution is -2.23. The van der Waals surface area contributed by atoms with Gasteiger partial charge in [0.1, 0.15) is 12.4 Å². The quantitative estimate of drug-likeness (QED) is 0.234. The molecule has 0 bridgehead atoms. The Labute approximate surface area is 221 Å². The first-order valence-electron chi connectivity index (χ1n) is 11.9. The van der Waals surface area contributed by atoms with Gasteiger partial charge >= 0.3 is 10.0 Å². The molecule has 0 unspecified atom stereocenters. The molecule has 0 radical (unpaired) electrons. The molecule has 1 N–H and O–H groups in total. The van der Waals surface area contributed by atoms with Crippen molar-refractivity contribution in [2.24, 2.45) is 0 Å². The molecule has 0 aliphatic carbocycles. The number of rotatable bonds is 8. The highest BCUT2D eigenvalue weighted by Crippen LogP contribution is 2.18. The van der Waals surface area contributed by atoms with E-state index >= 15 is 0 Å². The minimum absolute atomic E-state index is 0.0907. The second-order valence-corrected chi connectivity index (χ2v) is 10.1. The summed E-state index contributed by atoms with van der Waals surface area (Å²) < 4.78 is 33.0. The molecule has 5 rings (SSSR count). The third kappa shape index (κ3) is 6.14. The van der Waals surface area contributed by atoms with Gasteiger partial charge in [-0.05, 0) is 59.7 Å². The number of sulfonamides is 1. The number of benzene rings is 4. The van der Waals surface area contributed by atoms with Gasteiger partial charge in [0, 0.05) is 16.6 Å². The molecule has 0 atom stereocenters. The molecule has 0 aliphatic heterocycles. The summed E-state index contributed by atoms with van der Waals surface area (Å²) in [6.07, 6.45) is 3.82. The summed E-state index contributed by atoms with van der Waals surface area (Å²) in [7, 11) is -4.19. The number of nitrogens with zero attached hydrogens (tertiary/aromatic N) is 1. The lowest BCUT2D eigenvalue weighted by Gasteiger charge is -2.07. The van der Waals surface area contributed by atoms with Crippen molar-refractivity contribution in [3.05, 3.63) is 138 Å². The molecule has 0 aliphatic rings. The van der Waals surface area contributed by atoms with Crippen LogP contribution in [0.4, 0.5) is 5.69 Å². The van der Waals surface area contributed by atoms with Crippen molar-refractivity contribution in [1.82, 2.24) is 4.98 Å². The molecule has 0 spiro atoms. The van der Waals surface area contributed by atoms with Crippen molar-refractivity contribution in [2.75, 3.05) is 4.72 Å². The molecule has 0 amide bonds. The molecular formula is C31H24N2O4S. The standard InChI is InChI=1S/C31H24N2O4S/c34-31(38(35,36)33-27-7-2-1-3-8-27)26-16-12-23(13-17-26)10-11-24-14-20-29(21-15-24)37-22-28-19-18-25-6-4-5-9-30(25)32-28/h1-21,33H,22H2. The minimum Gasteiger partial charge on any atom is -0.487 e. The van der Waals surface area contributed by atoms with Crippen molar-refractivity contribution in [3.63, 3.8) is 0 Å². The number of hydrogen-bond donors (Lipinski definition) is 1. The van der Waals surface area contributed by atoms with Crippen LogP contribution >= 0.6 is 0 Å². The Balaban J connectivity index is 1.18. The molecule has 188 valence electrons.